The van der Waals surface area contributed by atoms with Crippen LogP contribution in [0.25, 0.3) is 0 Å². The van der Waals surface area contributed by atoms with E-state index in [-0.39, 0.29) is 18.0 Å². The second kappa shape index (κ2) is 11.0. The van der Waals surface area contributed by atoms with E-state index >= 15 is 0 Å². The standard InChI is InChI=1S/C19H27N3O3/c1-5-12-22(13-6-2)18(23)16-7-9-17(10-8-16)21-19(24)20-15(3)11-14-25-4/h5-10,15H,1-2,11-14H2,3-4H3,(H2,20,21,24)/t15-/m0/s1. The molecule has 0 aliphatic heterocycles. The first-order valence-corrected chi connectivity index (χ1v) is 8.19. The summed E-state index contributed by atoms with van der Waals surface area (Å²) in [7, 11) is 1.63. The maximum absolute atomic E-state index is 12.4. The molecule has 1 aromatic carbocycles. The molecule has 3 amide bonds. The molecule has 0 fully saturated rings. The predicted molar refractivity (Wildman–Crippen MR) is 101 cm³/mol. The van der Waals surface area contributed by atoms with Crippen LogP contribution in [0.5, 0.6) is 0 Å². The summed E-state index contributed by atoms with van der Waals surface area (Å²) in [4.78, 5) is 26.0. The molecule has 6 heteroatoms. The molecule has 6 nitrogen and oxygen atoms in total. The third-order valence-corrected chi connectivity index (χ3v) is 3.51. The molecule has 1 rings (SSSR count). The van der Waals surface area contributed by atoms with Gasteiger partial charge in [-0.2, -0.15) is 0 Å². The summed E-state index contributed by atoms with van der Waals surface area (Å²) in [6.07, 6.45) is 4.08. The van der Waals surface area contributed by atoms with Crippen LogP contribution in [0.1, 0.15) is 23.7 Å². The largest absolute Gasteiger partial charge is 0.385 e. The Bertz CT molecular complexity index is 574. The van der Waals surface area contributed by atoms with Crippen LogP contribution < -0.4 is 10.6 Å². The van der Waals surface area contributed by atoms with Crippen molar-refractivity contribution in [3.05, 3.63) is 55.1 Å². The van der Waals surface area contributed by atoms with Gasteiger partial charge in [-0.25, -0.2) is 4.79 Å². The van der Waals surface area contributed by atoms with E-state index in [4.69, 9.17) is 4.74 Å². The van der Waals surface area contributed by atoms with Crippen molar-refractivity contribution in [1.29, 1.82) is 0 Å². The van der Waals surface area contributed by atoms with Gasteiger partial charge in [-0.1, -0.05) is 12.2 Å². The lowest BCUT2D eigenvalue weighted by atomic mass is 10.1. The lowest BCUT2D eigenvalue weighted by Gasteiger charge is -2.19. The number of rotatable bonds is 10. The molecule has 1 atom stereocenters. The van der Waals surface area contributed by atoms with E-state index in [1.54, 1.807) is 48.4 Å². The molecule has 1 aromatic rings. The van der Waals surface area contributed by atoms with Gasteiger partial charge >= 0.3 is 6.03 Å². The van der Waals surface area contributed by atoms with Crippen molar-refractivity contribution in [3.63, 3.8) is 0 Å². The number of ether oxygens (including phenoxy) is 1. The average molecular weight is 345 g/mol. The summed E-state index contributed by atoms with van der Waals surface area (Å²) in [5, 5.41) is 5.57. The predicted octanol–water partition coefficient (Wildman–Crippen LogP) is 3.05. The van der Waals surface area contributed by atoms with E-state index < -0.39 is 0 Å². The SMILES string of the molecule is C=CCN(CC=C)C(=O)c1ccc(NC(=O)N[C@@H](C)CCOC)cc1. The van der Waals surface area contributed by atoms with Gasteiger partial charge in [-0.15, -0.1) is 13.2 Å². The second-order valence-corrected chi connectivity index (χ2v) is 5.65. The second-order valence-electron chi connectivity index (χ2n) is 5.65. The first-order chi connectivity index (χ1) is 12.0. The van der Waals surface area contributed by atoms with Gasteiger partial charge < -0.3 is 20.3 Å². The minimum absolute atomic E-state index is 0.00664. The number of carbonyl (C=O) groups excluding carboxylic acids is 2. The summed E-state index contributed by atoms with van der Waals surface area (Å²) >= 11 is 0. The summed E-state index contributed by atoms with van der Waals surface area (Å²) in [5.74, 6) is -0.107. The van der Waals surface area contributed by atoms with Crippen molar-refractivity contribution in [3.8, 4) is 0 Å². The quantitative estimate of drug-likeness (QED) is 0.640. The molecule has 0 aliphatic carbocycles. The van der Waals surface area contributed by atoms with E-state index in [1.807, 2.05) is 6.92 Å². The Hall–Kier alpha value is -2.60. The van der Waals surface area contributed by atoms with Gasteiger partial charge in [0.25, 0.3) is 5.91 Å². The zero-order valence-corrected chi connectivity index (χ0v) is 15.0. The van der Waals surface area contributed by atoms with Crippen molar-refractivity contribution in [2.75, 3.05) is 32.1 Å². The fraction of sp³-hybridized carbons (Fsp3) is 0.368. The fourth-order valence-electron chi connectivity index (χ4n) is 2.19. The first kappa shape index (κ1) is 20.4. The first-order valence-electron chi connectivity index (χ1n) is 8.19. The molecule has 0 unspecified atom stereocenters. The van der Waals surface area contributed by atoms with E-state index in [1.165, 1.54) is 0 Å². The Balaban J connectivity index is 2.63. The van der Waals surface area contributed by atoms with Crippen molar-refractivity contribution < 1.29 is 14.3 Å². The number of methoxy groups -OCH3 is 1. The average Bonchev–Trinajstić information content (AvgIpc) is 2.59. The van der Waals surface area contributed by atoms with E-state index in [0.29, 0.717) is 30.9 Å². The van der Waals surface area contributed by atoms with Crippen LogP contribution in [0.15, 0.2) is 49.6 Å². The number of hydrogen-bond acceptors (Lipinski definition) is 3. The van der Waals surface area contributed by atoms with Gasteiger partial charge in [0.15, 0.2) is 0 Å². The van der Waals surface area contributed by atoms with Crippen LogP contribution in [-0.2, 0) is 4.74 Å². The number of hydrogen-bond donors (Lipinski definition) is 2. The number of amides is 3. The number of carbonyl (C=O) groups is 2. The van der Waals surface area contributed by atoms with Crippen LogP contribution in [-0.4, -0.2) is 49.7 Å². The smallest absolute Gasteiger partial charge is 0.319 e. The molecular formula is C19H27N3O3. The summed E-state index contributed by atoms with van der Waals surface area (Å²) in [5.41, 5.74) is 1.16. The third kappa shape index (κ3) is 7.22. The van der Waals surface area contributed by atoms with Crippen LogP contribution in [0, 0.1) is 0 Å². The molecule has 0 saturated carbocycles. The number of benzene rings is 1. The molecule has 0 radical (unpaired) electrons. The maximum atomic E-state index is 12.4. The highest BCUT2D eigenvalue weighted by molar-refractivity contribution is 5.95. The van der Waals surface area contributed by atoms with Gasteiger partial charge in [-0.3, -0.25) is 4.79 Å². The van der Waals surface area contributed by atoms with Gasteiger partial charge in [0.2, 0.25) is 0 Å². The van der Waals surface area contributed by atoms with Crippen molar-refractivity contribution in [1.82, 2.24) is 10.2 Å². The number of nitrogens with one attached hydrogen (secondary N) is 2. The highest BCUT2D eigenvalue weighted by Crippen LogP contribution is 2.12. The van der Waals surface area contributed by atoms with Gasteiger partial charge in [0.1, 0.15) is 0 Å². The van der Waals surface area contributed by atoms with Crippen molar-refractivity contribution in [2.45, 2.75) is 19.4 Å². The number of anilines is 1. The van der Waals surface area contributed by atoms with Crippen LogP contribution in [0.2, 0.25) is 0 Å². The molecule has 0 heterocycles. The highest BCUT2D eigenvalue weighted by atomic mass is 16.5. The minimum Gasteiger partial charge on any atom is -0.385 e. The zero-order chi connectivity index (χ0) is 18.7. The van der Waals surface area contributed by atoms with Gasteiger partial charge in [0.05, 0.1) is 0 Å². The van der Waals surface area contributed by atoms with Crippen LogP contribution >= 0.6 is 0 Å². The topological polar surface area (TPSA) is 70.7 Å². The van der Waals surface area contributed by atoms with E-state index in [9.17, 15) is 9.59 Å². The van der Waals surface area contributed by atoms with E-state index in [0.717, 1.165) is 6.42 Å². The number of urea groups is 1. The molecule has 136 valence electrons. The van der Waals surface area contributed by atoms with Gasteiger partial charge in [0, 0.05) is 44.1 Å². The lowest BCUT2D eigenvalue weighted by molar-refractivity contribution is 0.0791. The summed E-state index contributed by atoms with van der Waals surface area (Å²) in [6.45, 7) is 10.7. The van der Waals surface area contributed by atoms with Crippen LogP contribution in [0.4, 0.5) is 10.5 Å². The minimum atomic E-state index is -0.289. The monoisotopic (exact) mass is 345 g/mol. The highest BCUT2D eigenvalue weighted by Gasteiger charge is 2.13. The zero-order valence-electron chi connectivity index (χ0n) is 15.0. The third-order valence-electron chi connectivity index (χ3n) is 3.51. The number of nitrogens with zero attached hydrogens (tertiary/aromatic N) is 1. The fourth-order valence-corrected chi connectivity index (χ4v) is 2.19. The van der Waals surface area contributed by atoms with E-state index in [2.05, 4.69) is 23.8 Å². The summed E-state index contributed by atoms with van der Waals surface area (Å²) in [6, 6.07) is 6.49. The van der Waals surface area contributed by atoms with Crippen molar-refractivity contribution in [2.24, 2.45) is 0 Å². The Morgan fingerprint density at radius 3 is 2.32 bits per heavy atom. The lowest BCUT2D eigenvalue weighted by Crippen LogP contribution is -2.36. The molecule has 2 N–H and O–H groups in total. The normalized spacial score (nSPS) is 11.3. The molecule has 25 heavy (non-hydrogen) atoms. The maximum Gasteiger partial charge on any atom is 0.319 e. The Morgan fingerprint density at radius 1 is 1.20 bits per heavy atom. The molecule has 0 spiro atoms. The van der Waals surface area contributed by atoms with Gasteiger partial charge in [-0.05, 0) is 37.6 Å². The molecule has 0 saturated heterocycles. The summed E-state index contributed by atoms with van der Waals surface area (Å²) < 4.78 is 4.98. The molecule has 0 bridgehead atoms. The molecule has 0 aromatic heterocycles. The Morgan fingerprint density at radius 2 is 1.80 bits per heavy atom. The Labute approximate surface area is 149 Å². The Kier molecular flexibility index (Phi) is 9.03. The van der Waals surface area contributed by atoms with Crippen molar-refractivity contribution >= 4 is 17.6 Å². The van der Waals surface area contributed by atoms with Crippen LogP contribution in [0.3, 0.4) is 0 Å². The molecular weight excluding hydrogens is 318 g/mol. The molecule has 0 aliphatic rings.